The molecular weight excluding hydrogens is 480 g/mol. The highest BCUT2D eigenvalue weighted by Crippen LogP contribution is 2.34. The molecule has 8 nitrogen and oxygen atoms in total. The van der Waals surface area contributed by atoms with Crippen LogP contribution in [0.3, 0.4) is 0 Å². The Balaban J connectivity index is 1.52. The van der Waals surface area contributed by atoms with Crippen molar-refractivity contribution in [1.82, 2.24) is 5.32 Å². The summed E-state index contributed by atoms with van der Waals surface area (Å²) in [5.41, 5.74) is 15.5. The van der Waals surface area contributed by atoms with Gasteiger partial charge < -0.3 is 21.3 Å². The van der Waals surface area contributed by atoms with Gasteiger partial charge in [-0.1, -0.05) is 72.8 Å². The molecule has 0 unspecified atom stereocenters. The first-order chi connectivity index (χ1) is 18.4. The number of aliphatic imine (C=N–C) groups is 1. The lowest BCUT2D eigenvalue weighted by Crippen LogP contribution is -2.36. The van der Waals surface area contributed by atoms with E-state index in [2.05, 4.69) is 10.3 Å². The van der Waals surface area contributed by atoms with Crippen LogP contribution in [-0.2, 0) is 17.8 Å². The molecule has 38 heavy (non-hydrogen) atoms. The first-order valence-corrected chi connectivity index (χ1v) is 12.0. The van der Waals surface area contributed by atoms with E-state index in [1.54, 1.807) is 24.3 Å². The molecule has 0 spiro atoms. The Bertz CT molecular complexity index is 1420. The van der Waals surface area contributed by atoms with Crippen molar-refractivity contribution in [3.63, 3.8) is 0 Å². The minimum Gasteiger partial charge on any atom is -0.480 e. The van der Waals surface area contributed by atoms with Crippen molar-refractivity contribution in [3.05, 3.63) is 120 Å². The fourth-order valence-electron chi connectivity index (χ4n) is 3.85. The zero-order valence-electron chi connectivity index (χ0n) is 20.6. The number of nitrogens with zero attached hydrogens (tertiary/aromatic N) is 1. The molecule has 0 aliphatic carbocycles. The maximum Gasteiger partial charge on any atom is 0.320 e. The van der Waals surface area contributed by atoms with Gasteiger partial charge in [-0.25, -0.2) is 4.99 Å². The standard InChI is InChI=1S/C30H28N4O4/c31-26(29(36)37)18-20-14-16-22(17-15-20)28(35)34-30(32)33-19-25-24(21-8-3-1-4-9-21)12-7-13-27(25)38-23-10-5-2-6-11-23/h1-17,26H,18-19,31H2,(H,36,37)(H3,32,33,34,35)/t26-/m0/s1. The zero-order chi connectivity index (χ0) is 26.9. The van der Waals surface area contributed by atoms with Crippen molar-refractivity contribution in [2.24, 2.45) is 16.5 Å². The molecule has 0 aromatic heterocycles. The predicted octanol–water partition coefficient (Wildman–Crippen LogP) is 4.35. The van der Waals surface area contributed by atoms with Gasteiger partial charge in [-0.3, -0.25) is 14.9 Å². The minimum absolute atomic E-state index is 0.0412. The molecule has 0 saturated carbocycles. The van der Waals surface area contributed by atoms with Gasteiger partial charge in [0.1, 0.15) is 17.5 Å². The number of hydrogen-bond donors (Lipinski definition) is 4. The lowest BCUT2D eigenvalue weighted by molar-refractivity contribution is -0.138. The third-order valence-corrected chi connectivity index (χ3v) is 5.83. The molecule has 0 aliphatic heterocycles. The van der Waals surface area contributed by atoms with Gasteiger partial charge in [0.25, 0.3) is 5.91 Å². The summed E-state index contributed by atoms with van der Waals surface area (Å²) in [6.45, 7) is 0.172. The number of guanidine groups is 1. The van der Waals surface area contributed by atoms with Crippen LogP contribution in [0.4, 0.5) is 0 Å². The number of rotatable bonds is 9. The summed E-state index contributed by atoms with van der Waals surface area (Å²) >= 11 is 0. The molecule has 0 saturated heterocycles. The molecule has 4 rings (SSSR count). The van der Waals surface area contributed by atoms with Gasteiger partial charge in [0, 0.05) is 11.1 Å². The van der Waals surface area contributed by atoms with Gasteiger partial charge in [-0.05, 0) is 53.4 Å². The Kier molecular flexibility index (Phi) is 8.48. The van der Waals surface area contributed by atoms with Crippen molar-refractivity contribution >= 4 is 17.8 Å². The number of carbonyl (C=O) groups is 2. The molecule has 0 bridgehead atoms. The van der Waals surface area contributed by atoms with Crippen molar-refractivity contribution in [2.75, 3.05) is 0 Å². The smallest absolute Gasteiger partial charge is 0.320 e. The molecule has 0 heterocycles. The van der Waals surface area contributed by atoms with E-state index in [0.717, 1.165) is 16.7 Å². The number of hydrogen-bond acceptors (Lipinski definition) is 5. The lowest BCUT2D eigenvalue weighted by Gasteiger charge is -2.15. The second-order valence-electron chi connectivity index (χ2n) is 8.56. The largest absolute Gasteiger partial charge is 0.480 e. The molecule has 0 radical (unpaired) electrons. The van der Waals surface area contributed by atoms with E-state index in [1.807, 2.05) is 78.9 Å². The van der Waals surface area contributed by atoms with E-state index >= 15 is 0 Å². The van der Waals surface area contributed by atoms with Crippen molar-refractivity contribution in [2.45, 2.75) is 19.0 Å². The number of amides is 1. The highest BCUT2D eigenvalue weighted by Gasteiger charge is 2.15. The number of carboxylic acids is 1. The molecule has 1 atom stereocenters. The molecule has 8 heteroatoms. The third kappa shape index (κ3) is 6.83. The Morgan fingerprint density at radius 1 is 0.868 bits per heavy atom. The number of carbonyl (C=O) groups excluding carboxylic acids is 1. The Morgan fingerprint density at radius 2 is 1.53 bits per heavy atom. The molecule has 6 N–H and O–H groups in total. The van der Waals surface area contributed by atoms with Crippen molar-refractivity contribution < 1.29 is 19.4 Å². The van der Waals surface area contributed by atoms with Crippen LogP contribution >= 0.6 is 0 Å². The zero-order valence-corrected chi connectivity index (χ0v) is 20.6. The first-order valence-electron chi connectivity index (χ1n) is 12.0. The summed E-state index contributed by atoms with van der Waals surface area (Å²) in [6.07, 6.45) is 0.162. The van der Waals surface area contributed by atoms with E-state index in [-0.39, 0.29) is 18.9 Å². The summed E-state index contributed by atoms with van der Waals surface area (Å²) in [6, 6.07) is 30.6. The average molecular weight is 509 g/mol. The second-order valence-corrected chi connectivity index (χ2v) is 8.56. The summed E-state index contributed by atoms with van der Waals surface area (Å²) in [7, 11) is 0. The van der Waals surface area contributed by atoms with Crippen LogP contribution in [0, 0.1) is 0 Å². The van der Waals surface area contributed by atoms with Gasteiger partial charge in [0.15, 0.2) is 5.96 Å². The number of nitrogens with two attached hydrogens (primary N) is 2. The third-order valence-electron chi connectivity index (χ3n) is 5.83. The Labute approximate surface area is 220 Å². The first kappa shape index (κ1) is 26.1. The molecule has 1 amide bonds. The average Bonchev–Trinajstić information content (AvgIpc) is 2.93. The van der Waals surface area contributed by atoms with Crippen molar-refractivity contribution in [3.8, 4) is 22.6 Å². The Hall–Kier alpha value is -4.95. The Morgan fingerprint density at radius 3 is 2.18 bits per heavy atom. The van der Waals surface area contributed by atoms with Gasteiger partial charge in [-0.15, -0.1) is 0 Å². The topological polar surface area (TPSA) is 140 Å². The quantitative estimate of drug-likeness (QED) is 0.196. The maximum atomic E-state index is 12.7. The van der Waals surface area contributed by atoms with Crippen LogP contribution in [0.25, 0.3) is 11.1 Å². The van der Waals surface area contributed by atoms with E-state index < -0.39 is 17.9 Å². The molecular formula is C30H28N4O4. The van der Waals surface area contributed by atoms with Crippen LogP contribution in [-0.4, -0.2) is 29.0 Å². The monoisotopic (exact) mass is 508 g/mol. The lowest BCUT2D eigenvalue weighted by atomic mass is 9.99. The number of aliphatic carboxylic acids is 1. The highest BCUT2D eigenvalue weighted by molar-refractivity contribution is 6.05. The van der Waals surface area contributed by atoms with E-state index in [4.69, 9.17) is 21.3 Å². The van der Waals surface area contributed by atoms with Crippen LogP contribution in [0.1, 0.15) is 21.5 Å². The van der Waals surface area contributed by atoms with Gasteiger partial charge in [0.2, 0.25) is 0 Å². The van der Waals surface area contributed by atoms with Crippen LogP contribution in [0.2, 0.25) is 0 Å². The molecule has 0 aliphatic rings. The fraction of sp³-hybridized carbons (Fsp3) is 0.100. The highest BCUT2D eigenvalue weighted by atomic mass is 16.5. The molecule has 4 aromatic carbocycles. The second kappa shape index (κ2) is 12.3. The minimum atomic E-state index is -1.08. The van der Waals surface area contributed by atoms with Crippen LogP contribution in [0.15, 0.2) is 108 Å². The van der Waals surface area contributed by atoms with E-state index in [0.29, 0.717) is 22.6 Å². The van der Waals surface area contributed by atoms with Gasteiger partial charge in [-0.2, -0.15) is 0 Å². The number of nitrogens with one attached hydrogen (secondary N) is 1. The normalized spacial score (nSPS) is 12.0. The predicted molar refractivity (Wildman–Crippen MR) is 147 cm³/mol. The van der Waals surface area contributed by atoms with Crippen LogP contribution < -0.4 is 21.5 Å². The summed E-state index contributed by atoms with van der Waals surface area (Å²) < 4.78 is 6.16. The summed E-state index contributed by atoms with van der Waals surface area (Å²) in [4.78, 5) is 28.1. The molecule has 0 fully saturated rings. The fourth-order valence-corrected chi connectivity index (χ4v) is 3.85. The van der Waals surface area contributed by atoms with Gasteiger partial charge >= 0.3 is 5.97 Å². The summed E-state index contributed by atoms with van der Waals surface area (Å²) in [5, 5.41) is 11.6. The SMILES string of the molecule is NC(=NCc1c(Oc2ccccc2)cccc1-c1ccccc1)NC(=O)c1ccc(C[C@H](N)C(=O)O)cc1. The maximum absolute atomic E-state index is 12.7. The summed E-state index contributed by atoms with van der Waals surface area (Å²) in [5.74, 6) is -0.229. The molecule has 4 aromatic rings. The number of ether oxygens (including phenoxy) is 1. The number of benzene rings is 4. The number of para-hydroxylation sites is 1. The van der Waals surface area contributed by atoms with E-state index in [9.17, 15) is 9.59 Å². The number of carboxylic acid groups (broad SMARTS) is 1. The molecule has 192 valence electrons. The van der Waals surface area contributed by atoms with Gasteiger partial charge in [0.05, 0.1) is 6.54 Å². The van der Waals surface area contributed by atoms with Crippen LogP contribution in [0.5, 0.6) is 11.5 Å². The van der Waals surface area contributed by atoms with Crippen molar-refractivity contribution in [1.29, 1.82) is 0 Å². The van der Waals surface area contributed by atoms with E-state index in [1.165, 1.54) is 0 Å².